The third-order valence-corrected chi connectivity index (χ3v) is 3.22. The SMILES string of the molecule is [CH2]CCC(C)c1ccc(-c2ccccc2)cc1. The minimum atomic E-state index is 0.609. The van der Waals surface area contributed by atoms with Crippen LogP contribution in [0, 0.1) is 6.92 Å². The predicted octanol–water partition coefficient (Wildman–Crippen LogP) is 5.07. The van der Waals surface area contributed by atoms with Crippen molar-refractivity contribution in [3.63, 3.8) is 0 Å². The van der Waals surface area contributed by atoms with Crippen LogP contribution in [0.5, 0.6) is 0 Å². The first-order valence-corrected chi connectivity index (χ1v) is 6.26. The Morgan fingerprint density at radius 2 is 1.47 bits per heavy atom. The van der Waals surface area contributed by atoms with E-state index in [-0.39, 0.29) is 0 Å². The molecule has 0 aromatic heterocycles. The normalized spacial score (nSPS) is 12.4. The number of hydrogen-bond acceptors (Lipinski definition) is 0. The van der Waals surface area contributed by atoms with Gasteiger partial charge in [0.1, 0.15) is 0 Å². The van der Waals surface area contributed by atoms with Crippen molar-refractivity contribution in [1.82, 2.24) is 0 Å². The Kier molecular flexibility index (Phi) is 3.98. The molecule has 0 amide bonds. The Labute approximate surface area is 104 Å². The molecule has 0 heteroatoms. The molecule has 0 fully saturated rings. The first kappa shape index (κ1) is 11.9. The Bertz CT molecular complexity index is 439. The van der Waals surface area contributed by atoms with Gasteiger partial charge in [-0.2, -0.15) is 0 Å². The van der Waals surface area contributed by atoms with Crippen LogP contribution in [0.3, 0.4) is 0 Å². The second kappa shape index (κ2) is 5.67. The third kappa shape index (κ3) is 2.97. The third-order valence-electron chi connectivity index (χ3n) is 3.22. The van der Waals surface area contributed by atoms with E-state index in [4.69, 9.17) is 0 Å². The van der Waals surface area contributed by atoms with Crippen molar-refractivity contribution in [2.24, 2.45) is 0 Å². The zero-order chi connectivity index (χ0) is 12.1. The smallest absolute Gasteiger partial charge is 0.0184 e. The summed E-state index contributed by atoms with van der Waals surface area (Å²) in [6.07, 6.45) is 2.16. The molecule has 0 aliphatic heterocycles. The van der Waals surface area contributed by atoms with Crippen LogP contribution < -0.4 is 0 Å². The monoisotopic (exact) mass is 223 g/mol. The molecule has 0 spiro atoms. The molecule has 2 aromatic carbocycles. The molecule has 2 aromatic rings. The molecule has 1 unspecified atom stereocenters. The van der Waals surface area contributed by atoms with Gasteiger partial charge in [-0.25, -0.2) is 0 Å². The van der Waals surface area contributed by atoms with Crippen LogP contribution in [-0.4, -0.2) is 0 Å². The molecule has 0 aliphatic rings. The second-order valence-electron chi connectivity index (χ2n) is 4.53. The average molecular weight is 223 g/mol. The molecule has 1 radical (unpaired) electrons. The molecule has 2 rings (SSSR count). The Balaban J connectivity index is 2.19. The fraction of sp³-hybridized carbons (Fsp3) is 0.235. The van der Waals surface area contributed by atoms with Crippen LogP contribution in [0.2, 0.25) is 0 Å². The summed E-state index contributed by atoms with van der Waals surface area (Å²) in [5.74, 6) is 0.609. The molecule has 17 heavy (non-hydrogen) atoms. The maximum absolute atomic E-state index is 3.92. The van der Waals surface area contributed by atoms with E-state index in [1.165, 1.54) is 16.7 Å². The van der Waals surface area contributed by atoms with Crippen molar-refractivity contribution < 1.29 is 0 Å². The van der Waals surface area contributed by atoms with Gasteiger partial charge in [0.15, 0.2) is 0 Å². The van der Waals surface area contributed by atoms with Gasteiger partial charge in [-0.1, -0.05) is 74.9 Å². The van der Waals surface area contributed by atoms with Gasteiger partial charge in [0.05, 0.1) is 0 Å². The van der Waals surface area contributed by atoms with Gasteiger partial charge in [-0.3, -0.25) is 0 Å². The van der Waals surface area contributed by atoms with E-state index in [0.717, 1.165) is 12.8 Å². The van der Waals surface area contributed by atoms with Gasteiger partial charge in [-0.05, 0) is 29.0 Å². The summed E-state index contributed by atoms with van der Waals surface area (Å²) in [7, 11) is 0. The molecule has 0 bridgehead atoms. The van der Waals surface area contributed by atoms with Gasteiger partial charge in [0, 0.05) is 0 Å². The fourth-order valence-corrected chi connectivity index (χ4v) is 2.11. The molecule has 87 valence electrons. The van der Waals surface area contributed by atoms with Crippen LogP contribution in [-0.2, 0) is 0 Å². The van der Waals surface area contributed by atoms with Gasteiger partial charge in [0.2, 0.25) is 0 Å². The molecule has 0 N–H and O–H groups in total. The molecule has 0 saturated heterocycles. The van der Waals surface area contributed by atoms with E-state index in [2.05, 4.69) is 62.4 Å². The molecule has 0 saturated carbocycles. The predicted molar refractivity (Wildman–Crippen MR) is 74.9 cm³/mol. The fourth-order valence-electron chi connectivity index (χ4n) is 2.11. The molecular weight excluding hydrogens is 204 g/mol. The minimum absolute atomic E-state index is 0.609. The Hall–Kier alpha value is -1.56. The van der Waals surface area contributed by atoms with E-state index in [9.17, 15) is 0 Å². The van der Waals surface area contributed by atoms with Crippen LogP contribution in [0.25, 0.3) is 11.1 Å². The standard InChI is InChI=1S/C17H19/c1-3-7-14(2)15-10-12-17(13-11-15)16-8-5-4-6-9-16/h4-6,8-14H,1,3,7H2,2H3. The Morgan fingerprint density at radius 3 is 2.06 bits per heavy atom. The topological polar surface area (TPSA) is 0 Å². The first-order valence-electron chi connectivity index (χ1n) is 6.26. The summed E-state index contributed by atoms with van der Waals surface area (Å²) in [5.41, 5.74) is 3.98. The van der Waals surface area contributed by atoms with Crippen molar-refractivity contribution in [1.29, 1.82) is 0 Å². The maximum atomic E-state index is 3.92. The lowest BCUT2D eigenvalue weighted by Gasteiger charge is -2.11. The quantitative estimate of drug-likeness (QED) is 0.678. The molecule has 0 nitrogen and oxygen atoms in total. The van der Waals surface area contributed by atoms with Crippen molar-refractivity contribution >= 4 is 0 Å². The van der Waals surface area contributed by atoms with E-state index in [1.807, 2.05) is 6.07 Å². The lowest BCUT2D eigenvalue weighted by molar-refractivity contribution is 0.689. The summed E-state index contributed by atoms with van der Waals surface area (Å²) in [5, 5.41) is 0. The second-order valence-corrected chi connectivity index (χ2v) is 4.53. The summed E-state index contributed by atoms with van der Waals surface area (Å²) in [4.78, 5) is 0. The van der Waals surface area contributed by atoms with Gasteiger partial charge in [-0.15, -0.1) is 0 Å². The van der Waals surface area contributed by atoms with Crippen LogP contribution in [0.15, 0.2) is 54.6 Å². The van der Waals surface area contributed by atoms with E-state index < -0.39 is 0 Å². The molecule has 0 heterocycles. The number of rotatable bonds is 4. The van der Waals surface area contributed by atoms with Crippen molar-refractivity contribution in [2.45, 2.75) is 25.7 Å². The number of benzene rings is 2. The van der Waals surface area contributed by atoms with Crippen molar-refractivity contribution in [2.75, 3.05) is 0 Å². The van der Waals surface area contributed by atoms with Crippen molar-refractivity contribution in [3.8, 4) is 11.1 Å². The lowest BCUT2D eigenvalue weighted by Crippen LogP contribution is -1.92. The van der Waals surface area contributed by atoms with E-state index in [1.54, 1.807) is 0 Å². The van der Waals surface area contributed by atoms with E-state index >= 15 is 0 Å². The van der Waals surface area contributed by atoms with Crippen LogP contribution >= 0.6 is 0 Å². The van der Waals surface area contributed by atoms with E-state index in [0.29, 0.717) is 5.92 Å². The van der Waals surface area contributed by atoms with Gasteiger partial charge >= 0.3 is 0 Å². The Morgan fingerprint density at radius 1 is 0.882 bits per heavy atom. The highest BCUT2D eigenvalue weighted by atomic mass is 14.1. The maximum Gasteiger partial charge on any atom is -0.0184 e. The summed E-state index contributed by atoms with van der Waals surface area (Å²) < 4.78 is 0. The summed E-state index contributed by atoms with van der Waals surface area (Å²) in [6, 6.07) is 19.4. The van der Waals surface area contributed by atoms with Gasteiger partial charge in [0.25, 0.3) is 0 Å². The largest absolute Gasteiger partial charge is 0.0622 e. The summed E-state index contributed by atoms with van der Waals surface area (Å²) >= 11 is 0. The highest BCUT2D eigenvalue weighted by molar-refractivity contribution is 5.63. The molecule has 0 aliphatic carbocycles. The molecular formula is C17H19. The van der Waals surface area contributed by atoms with Gasteiger partial charge < -0.3 is 0 Å². The zero-order valence-electron chi connectivity index (χ0n) is 10.4. The summed E-state index contributed by atoms with van der Waals surface area (Å²) in [6.45, 7) is 6.18. The zero-order valence-corrected chi connectivity index (χ0v) is 10.4. The minimum Gasteiger partial charge on any atom is -0.0622 e. The lowest BCUT2D eigenvalue weighted by atomic mass is 9.94. The van der Waals surface area contributed by atoms with Crippen LogP contribution in [0.1, 0.15) is 31.2 Å². The highest BCUT2D eigenvalue weighted by Gasteiger charge is 2.04. The number of hydrogen-bond donors (Lipinski definition) is 0. The highest BCUT2D eigenvalue weighted by Crippen LogP contribution is 2.24. The van der Waals surface area contributed by atoms with Crippen molar-refractivity contribution in [3.05, 3.63) is 67.1 Å². The first-order chi connectivity index (χ1) is 8.31. The molecule has 1 atom stereocenters. The van der Waals surface area contributed by atoms with Crippen LogP contribution in [0.4, 0.5) is 0 Å². The average Bonchev–Trinajstić information content (AvgIpc) is 2.40.